The molecule has 152 valence electrons. The average molecular weight is 473 g/mol. The van der Waals surface area contributed by atoms with Crippen molar-refractivity contribution in [2.75, 3.05) is 4.90 Å². The Morgan fingerprint density at radius 3 is 2.03 bits per heavy atom. The highest BCUT2D eigenvalue weighted by Crippen LogP contribution is 2.63. The Morgan fingerprint density at radius 2 is 1.45 bits per heavy atom. The van der Waals surface area contributed by atoms with Crippen molar-refractivity contribution in [1.29, 1.82) is 0 Å². The fraction of sp³-hybridized carbons (Fsp3) is 0.160. The molecule has 2 bridgehead atoms. The number of hydrogen-bond acceptors (Lipinski definition) is 4. The smallest absolute Gasteiger partial charge is 0.239 e. The zero-order valence-electron chi connectivity index (χ0n) is 16.3. The fourth-order valence-corrected chi connectivity index (χ4v) is 6.25. The fourth-order valence-electron chi connectivity index (χ4n) is 5.99. The Balaban J connectivity index is 1.66. The van der Waals surface area contributed by atoms with Gasteiger partial charge in [-0.2, -0.15) is 0 Å². The number of imide groups is 1. The quantitative estimate of drug-likeness (QED) is 0.259. The number of amides is 2. The van der Waals surface area contributed by atoms with Crippen LogP contribution in [0.5, 0.6) is 0 Å². The third-order valence-corrected chi connectivity index (χ3v) is 7.56. The van der Waals surface area contributed by atoms with Gasteiger partial charge in [-0.15, -0.1) is 5.16 Å². The predicted molar refractivity (Wildman–Crippen MR) is 119 cm³/mol. The first kappa shape index (κ1) is 18.5. The lowest BCUT2D eigenvalue weighted by Gasteiger charge is -2.52. The number of carbonyl (C=O) groups is 2. The molecule has 2 amide bonds. The van der Waals surface area contributed by atoms with Crippen molar-refractivity contribution in [1.82, 2.24) is 0 Å². The van der Waals surface area contributed by atoms with Crippen LogP contribution >= 0.6 is 15.9 Å². The molecular weight excluding hydrogens is 456 g/mol. The van der Waals surface area contributed by atoms with Gasteiger partial charge in [0.1, 0.15) is 0 Å². The monoisotopic (exact) mass is 472 g/mol. The predicted octanol–water partition coefficient (Wildman–Crippen LogP) is 4.46. The molecule has 2 atom stereocenters. The highest BCUT2D eigenvalue weighted by molar-refractivity contribution is 9.10. The zero-order valence-corrected chi connectivity index (χ0v) is 17.9. The first-order valence-electron chi connectivity index (χ1n) is 10.1. The minimum absolute atomic E-state index is 0.206. The molecule has 0 saturated carbocycles. The number of rotatable bonds is 2. The molecule has 3 aromatic carbocycles. The van der Waals surface area contributed by atoms with Crippen molar-refractivity contribution in [3.63, 3.8) is 0 Å². The van der Waals surface area contributed by atoms with Gasteiger partial charge in [-0.25, -0.2) is 4.90 Å². The van der Waals surface area contributed by atoms with E-state index in [9.17, 15) is 14.8 Å². The van der Waals surface area contributed by atoms with Crippen molar-refractivity contribution >= 4 is 39.6 Å². The molecule has 31 heavy (non-hydrogen) atoms. The lowest BCUT2D eigenvalue weighted by molar-refractivity contribution is -0.122. The normalized spacial score (nSPS) is 28.0. The van der Waals surface area contributed by atoms with Crippen molar-refractivity contribution in [2.24, 2.45) is 17.0 Å². The van der Waals surface area contributed by atoms with Gasteiger partial charge in [0.2, 0.25) is 11.8 Å². The molecule has 3 aliphatic carbocycles. The standard InChI is InChI=1S/C25H17BrN2O3/c26-14-9-11-15(12-10-14)28-23(29)21-20-16-5-1-3-7-18(16)25(13-27-31,22(21)24(28)30)19-8-4-2-6-17(19)20/h1-13,20-22,31H/b27-13-/t20?,21-,22+,25?/m1/s1. The van der Waals surface area contributed by atoms with Gasteiger partial charge >= 0.3 is 0 Å². The van der Waals surface area contributed by atoms with Crippen molar-refractivity contribution in [3.05, 3.63) is 99.5 Å². The van der Waals surface area contributed by atoms with Gasteiger partial charge in [0, 0.05) is 10.4 Å². The first-order chi connectivity index (χ1) is 15.1. The van der Waals surface area contributed by atoms with Crippen LogP contribution < -0.4 is 4.90 Å². The van der Waals surface area contributed by atoms with E-state index in [1.165, 1.54) is 11.1 Å². The summed E-state index contributed by atoms with van der Waals surface area (Å²) >= 11 is 3.41. The molecule has 1 aliphatic heterocycles. The van der Waals surface area contributed by atoms with E-state index >= 15 is 0 Å². The molecule has 1 N–H and O–H groups in total. The molecular formula is C25H17BrN2O3. The summed E-state index contributed by atoms with van der Waals surface area (Å²) in [4.78, 5) is 29.0. The Kier molecular flexibility index (Phi) is 3.81. The summed E-state index contributed by atoms with van der Waals surface area (Å²) in [5.74, 6) is -1.91. The Hall–Kier alpha value is -3.25. The van der Waals surface area contributed by atoms with E-state index in [0.717, 1.165) is 26.7 Å². The number of anilines is 1. The number of carbonyl (C=O) groups excluding carboxylic acids is 2. The molecule has 1 saturated heterocycles. The highest BCUT2D eigenvalue weighted by Gasteiger charge is 2.68. The van der Waals surface area contributed by atoms with Crippen molar-refractivity contribution in [2.45, 2.75) is 11.3 Å². The lowest BCUT2D eigenvalue weighted by atomic mass is 9.47. The number of benzene rings is 3. The molecule has 0 unspecified atom stereocenters. The van der Waals surface area contributed by atoms with Crippen molar-refractivity contribution in [3.8, 4) is 0 Å². The molecule has 5 nitrogen and oxygen atoms in total. The van der Waals surface area contributed by atoms with Crippen LogP contribution in [0.25, 0.3) is 0 Å². The molecule has 0 radical (unpaired) electrons. The van der Waals surface area contributed by atoms with E-state index in [2.05, 4.69) is 21.1 Å². The van der Waals surface area contributed by atoms with Crippen LogP contribution in [0.4, 0.5) is 5.69 Å². The van der Waals surface area contributed by atoms with Gasteiger partial charge < -0.3 is 5.21 Å². The van der Waals surface area contributed by atoms with Gasteiger partial charge in [0.25, 0.3) is 0 Å². The van der Waals surface area contributed by atoms with E-state index in [0.29, 0.717) is 5.69 Å². The maximum Gasteiger partial charge on any atom is 0.239 e. The maximum atomic E-state index is 13.9. The summed E-state index contributed by atoms with van der Waals surface area (Å²) in [6.45, 7) is 0. The molecule has 1 fully saturated rings. The van der Waals surface area contributed by atoms with Crippen LogP contribution in [0, 0.1) is 11.8 Å². The second kappa shape index (κ2) is 6.37. The Labute approximate surface area is 187 Å². The first-order valence-corrected chi connectivity index (χ1v) is 10.9. The Bertz CT molecular complexity index is 1240. The topological polar surface area (TPSA) is 70.0 Å². The van der Waals surface area contributed by atoms with Crippen LogP contribution in [-0.2, 0) is 15.0 Å². The maximum absolute atomic E-state index is 13.9. The molecule has 7 rings (SSSR count). The minimum atomic E-state index is -1.00. The second-order valence-electron chi connectivity index (χ2n) is 8.26. The largest absolute Gasteiger partial charge is 0.411 e. The van der Waals surface area contributed by atoms with Crippen molar-refractivity contribution < 1.29 is 14.8 Å². The SMILES string of the molecule is O=C1[C@@H]2C3c4ccccc4C(/C=N\O)(c4ccccc43)[C@@H]2C(=O)N1c1ccc(Br)cc1. The average Bonchev–Trinajstić information content (AvgIpc) is 3.06. The van der Waals surface area contributed by atoms with Crippen LogP contribution in [-0.4, -0.2) is 23.2 Å². The summed E-state index contributed by atoms with van der Waals surface area (Å²) in [7, 11) is 0. The highest BCUT2D eigenvalue weighted by atomic mass is 79.9. The summed E-state index contributed by atoms with van der Waals surface area (Å²) in [5, 5.41) is 13.2. The number of halogens is 1. The number of hydrogen-bond donors (Lipinski definition) is 1. The van der Waals surface area contributed by atoms with Crippen LogP contribution in [0.2, 0.25) is 0 Å². The summed E-state index contributed by atoms with van der Waals surface area (Å²) in [6, 6.07) is 22.9. The molecule has 4 aliphatic rings. The second-order valence-corrected chi connectivity index (χ2v) is 9.17. The summed E-state index contributed by atoms with van der Waals surface area (Å²) < 4.78 is 0.872. The van der Waals surface area contributed by atoms with Gasteiger partial charge in [0.15, 0.2) is 0 Å². The van der Waals surface area contributed by atoms with E-state index in [1.807, 2.05) is 60.7 Å². The van der Waals surface area contributed by atoms with Gasteiger partial charge in [-0.1, -0.05) is 64.5 Å². The van der Waals surface area contributed by atoms with Gasteiger partial charge in [0.05, 0.1) is 29.2 Å². The molecule has 1 heterocycles. The summed E-state index contributed by atoms with van der Waals surface area (Å²) in [5.41, 5.74) is 3.43. The van der Waals surface area contributed by atoms with Crippen LogP contribution in [0.3, 0.4) is 0 Å². The summed E-state index contributed by atoms with van der Waals surface area (Å²) in [6.07, 6.45) is 1.45. The van der Waals surface area contributed by atoms with Gasteiger partial charge in [-0.3, -0.25) is 9.59 Å². The molecule has 0 spiro atoms. The zero-order chi connectivity index (χ0) is 21.3. The third-order valence-electron chi connectivity index (χ3n) is 7.03. The minimum Gasteiger partial charge on any atom is -0.411 e. The van der Waals surface area contributed by atoms with E-state index in [1.54, 1.807) is 12.1 Å². The molecule has 6 heteroatoms. The van der Waals surface area contributed by atoms with Gasteiger partial charge in [-0.05, 0) is 46.5 Å². The molecule has 0 aromatic heterocycles. The van der Waals surface area contributed by atoms with Crippen LogP contribution in [0.15, 0.2) is 82.4 Å². The van der Waals surface area contributed by atoms with E-state index in [4.69, 9.17) is 0 Å². The van der Waals surface area contributed by atoms with E-state index in [-0.39, 0.29) is 17.7 Å². The van der Waals surface area contributed by atoms with E-state index < -0.39 is 17.3 Å². The lowest BCUT2D eigenvalue weighted by Crippen LogP contribution is -2.54. The third kappa shape index (κ3) is 2.18. The number of oxime groups is 1. The number of nitrogens with zero attached hydrogens (tertiary/aromatic N) is 2. The van der Waals surface area contributed by atoms with Crippen LogP contribution in [0.1, 0.15) is 28.2 Å². The Morgan fingerprint density at radius 1 is 0.871 bits per heavy atom. The molecule has 3 aromatic rings.